The van der Waals surface area contributed by atoms with Gasteiger partial charge in [-0.3, -0.25) is 9.59 Å². The summed E-state index contributed by atoms with van der Waals surface area (Å²) in [6, 6.07) is 4.62. The van der Waals surface area contributed by atoms with E-state index in [1.54, 1.807) is 0 Å². The zero-order valence-corrected chi connectivity index (χ0v) is 9.67. The molecule has 0 aliphatic rings. The van der Waals surface area contributed by atoms with Crippen LogP contribution in [0.4, 0.5) is 0 Å². The summed E-state index contributed by atoms with van der Waals surface area (Å²) in [6.07, 6.45) is 0.589. The molecule has 0 N–H and O–H groups in total. The first-order valence-corrected chi connectivity index (χ1v) is 4.94. The Morgan fingerprint density at radius 1 is 1.57 bits per heavy atom. The third-order valence-electron chi connectivity index (χ3n) is 1.58. The molecule has 1 aromatic rings. The minimum absolute atomic E-state index is 0.158. The van der Waals surface area contributed by atoms with Crippen molar-refractivity contribution >= 4 is 45.7 Å². The molecule has 0 fully saturated rings. The predicted molar refractivity (Wildman–Crippen MR) is 59.4 cm³/mol. The fraction of sp³-hybridized carbons (Fsp3) is 0. The molecule has 0 heterocycles. The van der Waals surface area contributed by atoms with Gasteiger partial charge < -0.3 is 0 Å². The van der Waals surface area contributed by atoms with Crippen molar-refractivity contribution in [2.24, 2.45) is 0 Å². The Morgan fingerprint density at radius 2 is 2.21 bits per heavy atom. The first-order chi connectivity index (χ1) is 6.60. The molecule has 0 aliphatic heterocycles. The van der Waals surface area contributed by atoms with Crippen molar-refractivity contribution in [2.75, 3.05) is 0 Å². The van der Waals surface area contributed by atoms with E-state index < -0.39 is 5.24 Å². The summed E-state index contributed by atoms with van der Waals surface area (Å²) < 4.78 is 0.529. The smallest absolute Gasteiger partial charge is 0.252 e. The molecule has 0 radical (unpaired) electrons. The lowest BCUT2D eigenvalue weighted by Gasteiger charge is -2.01. The van der Waals surface area contributed by atoms with E-state index >= 15 is 0 Å². The quantitative estimate of drug-likeness (QED) is 0.478. The van der Waals surface area contributed by atoms with Gasteiger partial charge in [0.2, 0.25) is 0 Å². The van der Waals surface area contributed by atoms with Gasteiger partial charge in [0.25, 0.3) is 5.24 Å². The van der Waals surface area contributed by atoms with Crippen molar-refractivity contribution in [3.05, 3.63) is 32.4 Å². The summed E-state index contributed by atoms with van der Waals surface area (Å²) in [7, 11) is 0. The van der Waals surface area contributed by atoms with Crippen LogP contribution in [-0.4, -0.2) is 11.5 Å². The molecule has 0 aliphatic carbocycles. The van der Waals surface area contributed by atoms with Crippen molar-refractivity contribution in [1.82, 2.24) is 0 Å². The number of hydrogen-bond acceptors (Lipinski definition) is 3. The van der Waals surface area contributed by atoms with Gasteiger partial charge in [-0.15, -0.1) is 0 Å². The average molecular weight is 319 g/mol. The highest BCUT2D eigenvalue weighted by atomic mass is 127. The Kier molecular flexibility index (Phi) is 3.61. The standard InChI is InChI=1S/C9H3ClINO2/c10-9(14)5-1-6(3-12)8(11)7(2-5)4-13/h1-2,4H. The fourth-order valence-corrected chi connectivity index (χ4v) is 1.60. The maximum absolute atomic E-state index is 10.8. The van der Waals surface area contributed by atoms with E-state index in [2.05, 4.69) is 0 Å². The molecule has 0 atom stereocenters. The maximum atomic E-state index is 10.8. The summed E-state index contributed by atoms with van der Waals surface area (Å²) in [6.45, 7) is 0. The molecule has 70 valence electrons. The summed E-state index contributed by atoms with van der Waals surface area (Å²) in [4.78, 5) is 21.4. The number of rotatable bonds is 2. The lowest BCUT2D eigenvalue weighted by atomic mass is 10.1. The number of nitriles is 1. The number of carbonyl (C=O) groups excluding carboxylic acids is 2. The van der Waals surface area contributed by atoms with E-state index in [0.717, 1.165) is 0 Å². The second-order valence-electron chi connectivity index (χ2n) is 2.43. The zero-order valence-electron chi connectivity index (χ0n) is 6.75. The first-order valence-electron chi connectivity index (χ1n) is 3.48. The van der Waals surface area contributed by atoms with Gasteiger partial charge in [0.05, 0.1) is 5.56 Å². The van der Waals surface area contributed by atoms with Crippen molar-refractivity contribution in [1.29, 1.82) is 5.26 Å². The second-order valence-corrected chi connectivity index (χ2v) is 3.85. The predicted octanol–water partition coefficient (Wildman–Crippen LogP) is 2.35. The van der Waals surface area contributed by atoms with Crippen molar-refractivity contribution in [2.45, 2.75) is 0 Å². The summed E-state index contributed by atoms with van der Waals surface area (Å²) in [5, 5.41) is 8.04. The van der Waals surface area contributed by atoms with Gasteiger partial charge in [-0.1, -0.05) is 0 Å². The van der Waals surface area contributed by atoms with Gasteiger partial charge in [-0.2, -0.15) is 5.26 Å². The molecule has 0 amide bonds. The molecule has 0 bridgehead atoms. The van der Waals surface area contributed by atoms with E-state index in [1.807, 2.05) is 28.7 Å². The van der Waals surface area contributed by atoms with Gasteiger partial charge >= 0.3 is 0 Å². The first kappa shape index (κ1) is 11.1. The summed E-state index contributed by atoms with van der Waals surface area (Å²) >= 11 is 7.12. The lowest BCUT2D eigenvalue weighted by molar-refractivity contribution is 0.108. The molecule has 0 spiro atoms. The topological polar surface area (TPSA) is 57.9 Å². The van der Waals surface area contributed by atoms with Crippen LogP contribution >= 0.6 is 34.2 Å². The van der Waals surface area contributed by atoms with E-state index in [0.29, 0.717) is 15.4 Å². The second kappa shape index (κ2) is 4.53. The zero-order chi connectivity index (χ0) is 10.7. The Bertz CT molecular complexity index is 451. The normalized spacial score (nSPS) is 9.21. The van der Waals surface area contributed by atoms with Gasteiger partial charge in [-0.25, -0.2) is 0 Å². The number of halogens is 2. The molecule has 3 nitrogen and oxygen atoms in total. The summed E-state index contributed by atoms with van der Waals surface area (Å²) in [5.41, 5.74) is 0.735. The van der Waals surface area contributed by atoms with E-state index in [-0.39, 0.29) is 11.1 Å². The number of aldehydes is 1. The van der Waals surface area contributed by atoms with Crippen molar-refractivity contribution in [3.8, 4) is 6.07 Å². The third-order valence-corrected chi connectivity index (χ3v) is 3.00. The van der Waals surface area contributed by atoms with Crippen LogP contribution in [0.15, 0.2) is 12.1 Å². The molecular formula is C9H3ClINO2. The summed E-state index contributed by atoms with van der Waals surface area (Å²) in [5.74, 6) is 0. The highest BCUT2D eigenvalue weighted by molar-refractivity contribution is 14.1. The van der Waals surface area contributed by atoms with Gasteiger partial charge in [0, 0.05) is 14.7 Å². The molecule has 5 heteroatoms. The molecule has 1 rings (SSSR count). The van der Waals surface area contributed by atoms with Crippen LogP contribution in [0, 0.1) is 14.9 Å². The SMILES string of the molecule is N#Cc1cc(C(=O)Cl)cc(C=O)c1I. The largest absolute Gasteiger partial charge is 0.298 e. The van der Waals surface area contributed by atoms with Crippen LogP contribution in [0.25, 0.3) is 0 Å². The number of benzene rings is 1. The van der Waals surface area contributed by atoms with Gasteiger partial charge in [0.1, 0.15) is 6.07 Å². The van der Waals surface area contributed by atoms with Crippen LogP contribution in [-0.2, 0) is 0 Å². The molecule has 0 saturated heterocycles. The van der Waals surface area contributed by atoms with E-state index in [4.69, 9.17) is 16.9 Å². The highest BCUT2D eigenvalue weighted by Crippen LogP contribution is 2.19. The van der Waals surface area contributed by atoms with Crippen molar-refractivity contribution < 1.29 is 9.59 Å². The Balaban J connectivity index is 3.49. The minimum atomic E-state index is -0.680. The maximum Gasteiger partial charge on any atom is 0.252 e. The van der Waals surface area contributed by atoms with Crippen LogP contribution < -0.4 is 0 Å². The van der Waals surface area contributed by atoms with Crippen LogP contribution in [0.1, 0.15) is 26.3 Å². The van der Waals surface area contributed by atoms with E-state index in [1.165, 1.54) is 12.1 Å². The van der Waals surface area contributed by atoms with Gasteiger partial charge in [0.15, 0.2) is 6.29 Å². The Hall–Kier alpha value is -0.930. The lowest BCUT2D eigenvalue weighted by Crippen LogP contribution is -1.97. The minimum Gasteiger partial charge on any atom is -0.298 e. The van der Waals surface area contributed by atoms with Crippen molar-refractivity contribution in [3.63, 3.8) is 0 Å². The Labute approximate surface area is 98.8 Å². The number of hydrogen-bond donors (Lipinski definition) is 0. The molecule has 14 heavy (non-hydrogen) atoms. The number of carbonyl (C=O) groups is 2. The number of nitrogens with zero attached hydrogens (tertiary/aromatic N) is 1. The molecule has 0 saturated carbocycles. The monoisotopic (exact) mass is 319 g/mol. The van der Waals surface area contributed by atoms with E-state index in [9.17, 15) is 9.59 Å². The molecular weight excluding hydrogens is 316 g/mol. The average Bonchev–Trinajstić information content (AvgIpc) is 2.17. The van der Waals surface area contributed by atoms with Gasteiger partial charge in [-0.05, 0) is 46.3 Å². The fourth-order valence-electron chi connectivity index (χ4n) is 0.928. The Morgan fingerprint density at radius 3 is 2.64 bits per heavy atom. The molecule has 0 aromatic heterocycles. The highest BCUT2D eigenvalue weighted by Gasteiger charge is 2.11. The molecule has 0 unspecified atom stereocenters. The van der Waals surface area contributed by atoms with Crippen LogP contribution in [0.3, 0.4) is 0 Å². The van der Waals surface area contributed by atoms with Crippen LogP contribution in [0.2, 0.25) is 0 Å². The van der Waals surface area contributed by atoms with Crippen LogP contribution in [0.5, 0.6) is 0 Å². The molecule has 1 aromatic carbocycles. The third kappa shape index (κ3) is 2.11.